The van der Waals surface area contributed by atoms with Crippen molar-refractivity contribution in [3.8, 4) is 0 Å². The van der Waals surface area contributed by atoms with Crippen LogP contribution in [0, 0.1) is 0 Å². The van der Waals surface area contributed by atoms with Gasteiger partial charge in [-0.25, -0.2) is 0 Å². The highest BCUT2D eigenvalue weighted by Crippen LogP contribution is 2.38. The monoisotopic (exact) mass is 276 g/mol. The van der Waals surface area contributed by atoms with Gasteiger partial charge in [-0.05, 0) is 19.9 Å². The molecular formula is C13H20N6O. The smallest absolute Gasteiger partial charge is 0.226 e. The summed E-state index contributed by atoms with van der Waals surface area (Å²) in [6.45, 7) is 3.38. The molecule has 1 fully saturated rings. The third-order valence-electron chi connectivity index (χ3n) is 3.58. The fourth-order valence-electron chi connectivity index (χ4n) is 2.25. The molecule has 2 heterocycles. The standard InChI is InChI=1S/C13H20N6O/c1-4-12-14-10(17-20-12)7-18(2)8-11-15-16-13(19(11)3)9-5-6-9/h9H,4-8H2,1-3H3. The van der Waals surface area contributed by atoms with E-state index in [9.17, 15) is 0 Å². The lowest BCUT2D eigenvalue weighted by atomic mass is 10.4. The third-order valence-corrected chi connectivity index (χ3v) is 3.58. The second-order valence-electron chi connectivity index (χ2n) is 5.44. The van der Waals surface area contributed by atoms with Crippen LogP contribution in [-0.4, -0.2) is 36.9 Å². The molecular weight excluding hydrogens is 256 g/mol. The first-order valence-corrected chi connectivity index (χ1v) is 7.05. The predicted octanol–water partition coefficient (Wildman–Crippen LogP) is 1.27. The van der Waals surface area contributed by atoms with E-state index in [1.807, 2.05) is 21.0 Å². The van der Waals surface area contributed by atoms with Crippen molar-refractivity contribution in [1.82, 2.24) is 29.8 Å². The van der Waals surface area contributed by atoms with Crippen molar-refractivity contribution >= 4 is 0 Å². The van der Waals surface area contributed by atoms with Crippen LogP contribution in [0.1, 0.15) is 49.0 Å². The van der Waals surface area contributed by atoms with Crippen LogP contribution in [0.25, 0.3) is 0 Å². The predicted molar refractivity (Wildman–Crippen MR) is 71.8 cm³/mol. The summed E-state index contributed by atoms with van der Waals surface area (Å²) in [6, 6.07) is 0. The van der Waals surface area contributed by atoms with E-state index in [0.29, 0.717) is 24.2 Å². The van der Waals surface area contributed by atoms with Gasteiger partial charge in [-0.2, -0.15) is 4.98 Å². The molecule has 2 aromatic rings. The first-order chi connectivity index (χ1) is 9.67. The van der Waals surface area contributed by atoms with E-state index in [2.05, 4.69) is 29.8 Å². The fraction of sp³-hybridized carbons (Fsp3) is 0.692. The quantitative estimate of drug-likeness (QED) is 0.791. The van der Waals surface area contributed by atoms with Gasteiger partial charge in [-0.1, -0.05) is 12.1 Å². The molecule has 20 heavy (non-hydrogen) atoms. The Morgan fingerprint density at radius 2 is 2.10 bits per heavy atom. The molecule has 0 aromatic carbocycles. The Balaban J connectivity index is 1.62. The maximum absolute atomic E-state index is 5.11. The van der Waals surface area contributed by atoms with E-state index in [4.69, 9.17) is 4.52 Å². The molecule has 1 saturated carbocycles. The normalized spacial score (nSPS) is 15.2. The van der Waals surface area contributed by atoms with Gasteiger partial charge >= 0.3 is 0 Å². The lowest BCUT2D eigenvalue weighted by molar-refractivity contribution is 0.289. The lowest BCUT2D eigenvalue weighted by Gasteiger charge is -2.13. The van der Waals surface area contributed by atoms with Crippen molar-refractivity contribution in [3.63, 3.8) is 0 Å². The molecule has 0 atom stereocenters. The Bertz CT molecular complexity index is 585. The lowest BCUT2D eigenvalue weighted by Crippen LogP contribution is -2.20. The first kappa shape index (κ1) is 13.2. The van der Waals surface area contributed by atoms with Crippen LogP contribution in [0.15, 0.2) is 4.52 Å². The highest BCUT2D eigenvalue weighted by atomic mass is 16.5. The minimum Gasteiger partial charge on any atom is -0.339 e. The number of rotatable bonds is 6. The van der Waals surface area contributed by atoms with Gasteiger partial charge in [0, 0.05) is 19.4 Å². The first-order valence-electron chi connectivity index (χ1n) is 7.05. The third kappa shape index (κ3) is 2.72. The van der Waals surface area contributed by atoms with Crippen molar-refractivity contribution in [2.75, 3.05) is 7.05 Å². The number of aromatic nitrogens is 5. The second-order valence-corrected chi connectivity index (χ2v) is 5.44. The second kappa shape index (κ2) is 5.32. The van der Waals surface area contributed by atoms with Crippen molar-refractivity contribution in [2.24, 2.45) is 7.05 Å². The molecule has 0 bridgehead atoms. The molecule has 108 valence electrons. The highest BCUT2D eigenvalue weighted by Gasteiger charge is 2.29. The fourth-order valence-corrected chi connectivity index (χ4v) is 2.25. The van der Waals surface area contributed by atoms with Gasteiger partial charge in [-0.3, -0.25) is 4.90 Å². The minimum absolute atomic E-state index is 0.621. The van der Waals surface area contributed by atoms with Crippen molar-refractivity contribution < 1.29 is 4.52 Å². The van der Waals surface area contributed by atoms with Gasteiger partial charge in [0.2, 0.25) is 5.89 Å². The average molecular weight is 276 g/mol. The highest BCUT2D eigenvalue weighted by molar-refractivity contribution is 5.07. The Morgan fingerprint density at radius 3 is 2.75 bits per heavy atom. The number of aryl methyl sites for hydroxylation is 1. The molecule has 0 unspecified atom stereocenters. The molecule has 7 heteroatoms. The molecule has 0 aliphatic heterocycles. The topological polar surface area (TPSA) is 72.9 Å². The van der Waals surface area contributed by atoms with Crippen molar-refractivity contribution in [1.29, 1.82) is 0 Å². The van der Waals surface area contributed by atoms with Crippen LogP contribution in [0.4, 0.5) is 0 Å². The Labute approximate surface area is 118 Å². The molecule has 3 rings (SSSR count). The molecule has 7 nitrogen and oxygen atoms in total. The van der Waals surface area contributed by atoms with Crippen LogP contribution < -0.4 is 0 Å². The van der Waals surface area contributed by atoms with E-state index < -0.39 is 0 Å². The Morgan fingerprint density at radius 1 is 1.30 bits per heavy atom. The van der Waals surface area contributed by atoms with Gasteiger partial charge in [0.05, 0.1) is 13.1 Å². The van der Waals surface area contributed by atoms with E-state index in [1.165, 1.54) is 12.8 Å². The van der Waals surface area contributed by atoms with E-state index in [0.717, 1.165) is 24.6 Å². The van der Waals surface area contributed by atoms with Gasteiger partial charge < -0.3 is 9.09 Å². The summed E-state index contributed by atoms with van der Waals surface area (Å²) < 4.78 is 7.22. The average Bonchev–Trinajstić information content (AvgIpc) is 3.07. The maximum atomic E-state index is 5.11. The molecule has 0 N–H and O–H groups in total. The summed E-state index contributed by atoms with van der Waals surface area (Å²) in [5, 5.41) is 12.5. The Kier molecular flexibility index (Phi) is 3.52. The Hall–Kier alpha value is -1.76. The minimum atomic E-state index is 0.621. The summed E-state index contributed by atoms with van der Waals surface area (Å²) in [7, 11) is 4.06. The largest absolute Gasteiger partial charge is 0.339 e. The van der Waals surface area contributed by atoms with Crippen LogP contribution in [0.5, 0.6) is 0 Å². The van der Waals surface area contributed by atoms with Gasteiger partial charge in [0.15, 0.2) is 5.82 Å². The summed E-state index contributed by atoms with van der Waals surface area (Å²) >= 11 is 0. The number of nitrogens with zero attached hydrogens (tertiary/aromatic N) is 6. The molecule has 0 radical (unpaired) electrons. The number of hydrogen-bond acceptors (Lipinski definition) is 6. The van der Waals surface area contributed by atoms with Crippen molar-refractivity contribution in [2.45, 2.75) is 45.2 Å². The maximum Gasteiger partial charge on any atom is 0.226 e. The summed E-state index contributed by atoms with van der Waals surface area (Å²) in [5.41, 5.74) is 0. The van der Waals surface area contributed by atoms with Gasteiger partial charge in [0.25, 0.3) is 0 Å². The van der Waals surface area contributed by atoms with E-state index >= 15 is 0 Å². The zero-order valence-electron chi connectivity index (χ0n) is 12.2. The van der Waals surface area contributed by atoms with Gasteiger partial charge in [0.1, 0.15) is 11.6 Å². The molecule has 0 spiro atoms. The van der Waals surface area contributed by atoms with Crippen molar-refractivity contribution in [3.05, 3.63) is 23.4 Å². The molecule has 1 aliphatic carbocycles. The van der Waals surface area contributed by atoms with E-state index in [-0.39, 0.29) is 0 Å². The molecule has 0 amide bonds. The van der Waals surface area contributed by atoms with Crippen LogP contribution >= 0.6 is 0 Å². The summed E-state index contributed by atoms with van der Waals surface area (Å²) in [5.74, 6) is 4.11. The van der Waals surface area contributed by atoms with Crippen LogP contribution in [-0.2, 0) is 26.6 Å². The summed E-state index contributed by atoms with van der Waals surface area (Å²) in [4.78, 5) is 6.43. The van der Waals surface area contributed by atoms with Gasteiger partial charge in [-0.15, -0.1) is 10.2 Å². The number of hydrogen-bond donors (Lipinski definition) is 0. The molecule has 1 aliphatic rings. The molecule has 0 saturated heterocycles. The summed E-state index contributed by atoms with van der Waals surface area (Å²) in [6.07, 6.45) is 3.25. The van der Waals surface area contributed by atoms with E-state index in [1.54, 1.807) is 0 Å². The SMILES string of the molecule is CCc1nc(CN(C)Cc2nnc(C3CC3)n2C)no1. The van der Waals surface area contributed by atoms with Crippen LogP contribution in [0.2, 0.25) is 0 Å². The zero-order chi connectivity index (χ0) is 14.1. The van der Waals surface area contributed by atoms with Crippen LogP contribution in [0.3, 0.4) is 0 Å². The molecule has 2 aromatic heterocycles. The zero-order valence-corrected chi connectivity index (χ0v) is 12.2.